The van der Waals surface area contributed by atoms with Crippen molar-refractivity contribution in [3.63, 3.8) is 0 Å². The van der Waals surface area contributed by atoms with Crippen molar-refractivity contribution in [2.24, 2.45) is 11.7 Å². The number of nitrogens with one attached hydrogen (secondary N) is 1. The molecule has 1 saturated heterocycles. The van der Waals surface area contributed by atoms with E-state index in [1.54, 1.807) is 0 Å². The summed E-state index contributed by atoms with van der Waals surface area (Å²) in [6.45, 7) is 4.25. The Morgan fingerprint density at radius 1 is 1.67 bits per heavy atom. The maximum atomic E-state index is 5.54. The molecular formula is C7H16N2. The fraction of sp³-hybridized carbons (Fsp3) is 1.00. The van der Waals surface area contributed by atoms with Gasteiger partial charge in [-0.05, 0) is 38.8 Å². The first-order valence-electron chi connectivity index (χ1n) is 3.76. The van der Waals surface area contributed by atoms with Crippen LogP contribution in [0.25, 0.3) is 0 Å². The first-order chi connectivity index (χ1) is 4.33. The lowest BCUT2D eigenvalue weighted by molar-refractivity contribution is 0.322. The maximum absolute atomic E-state index is 5.54. The van der Waals surface area contributed by atoms with E-state index in [0.29, 0.717) is 6.04 Å². The van der Waals surface area contributed by atoms with Gasteiger partial charge in [0.05, 0.1) is 0 Å². The zero-order chi connectivity index (χ0) is 6.69. The molecule has 0 spiro atoms. The van der Waals surface area contributed by atoms with Crippen LogP contribution in [0.3, 0.4) is 0 Å². The van der Waals surface area contributed by atoms with Gasteiger partial charge in [-0.15, -0.1) is 0 Å². The highest BCUT2D eigenvalue weighted by Gasteiger charge is 2.15. The molecule has 0 saturated carbocycles. The van der Waals surface area contributed by atoms with Crippen molar-refractivity contribution in [2.45, 2.75) is 25.8 Å². The van der Waals surface area contributed by atoms with Gasteiger partial charge < -0.3 is 11.1 Å². The molecule has 0 unspecified atom stereocenters. The maximum Gasteiger partial charge on any atom is 0.00418 e. The highest BCUT2D eigenvalue weighted by atomic mass is 14.9. The lowest BCUT2D eigenvalue weighted by Crippen LogP contribution is -2.38. The number of hydrogen-bond acceptors (Lipinski definition) is 2. The van der Waals surface area contributed by atoms with Crippen LogP contribution in [0.2, 0.25) is 0 Å². The average Bonchev–Trinajstić information content (AvgIpc) is 1.88. The van der Waals surface area contributed by atoms with E-state index < -0.39 is 0 Å². The second-order valence-electron chi connectivity index (χ2n) is 2.98. The van der Waals surface area contributed by atoms with Crippen LogP contribution in [-0.2, 0) is 0 Å². The molecule has 0 aromatic rings. The van der Waals surface area contributed by atoms with Crippen LogP contribution in [0.1, 0.15) is 19.8 Å². The number of rotatable bonds is 1. The van der Waals surface area contributed by atoms with E-state index in [4.69, 9.17) is 5.73 Å². The lowest BCUT2D eigenvalue weighted by Gasteiger charge is -2.26. The van der Waals surface area contributed by atoms with Gasteiger partial charge in [0.1, 0.15) is 0 Å². The molecule has 0 radical (unpaired) electrons. The molecule has 3 N–H and O–H groups in total. The van der Waals surface area contributed by atoms with E-state index in [1.807, 2.05) is 0 Å². The number of hydrogen-bond donors (Lipinski definition) is 2. The molecule has 0 aliphatic carbocycles. The fourth-order valence-electron chi connectivity index (χ4n) is 1.45. The van der Waals surface area contributed by atoms with E-state index in [1.165, 1.54) is 12.8 Å². The topological polar surface area (TPSA) is 38.0 Å². The van der Waals surface area contributed by atoms with Gasteiger partial charge in [0.15, 0.2) is 0 Å². The molecular weight excluding hydrogens is 112 g/mol. The largest absolute Gasteiger partial charge is 0.330 e. The Kier molecular flexibility index (Phi) is 2.49. The molecule has 9 heavy (non-hydrogen) atoms. The Balaban J connectivity index is 2.23. The zero-order valence-corrected chi connectivity index (χ0v) is 6.06. The summed E-state index contributed by atoms with van der Waals surface area (Å²) < 4.78 is 0. The highest BCUT2D eigenvalue weighted by Crippen LogP contribution is 2.13. The Hall–Kier alpha value is -0.0800. The molecule has 54 valence electrons. The summed E-state index contributed by atoms with van der Waals surface area (Å²) in [6, 6.07) is 0.687. The van der Waals surface area contributed by atoms with Gasteiger partial charge in [-0.3, -0.25) is 0 Å². The van der Waals surface area contributed by atoms with E-state index in [9.17, 15) is 0 Å². The minimum absolute atomic E-state index is 0.687. The zero-order valence-electron chi connectivity index (χ0n) is 6.06. The van der Waals surface area contributed by atoms with Crippen LogP contribution < -0.4 is 11.1 Å². The van der Waals surface area contributed by atoms with Gasteiger partial charge >= 0.3 is 0 Å². The van der Waals surface area contributed by atoms with Crippen LogP contribution >= 0.6 is 0 Å². The Morgan fingerprint density at radius 2 is 2.44 bits per heavy atom. The Morgan fingerprint density at radius 3 is 2.89 bits per heavy atom. The second kappa shape index (κ2) is 3.18. The predicted molar refractivity (Wildman–Crippen MR) is 39.2 cm³/mol. The summed E-state index contributed by atoms with van der Waals surface area (Å²) >= 11 is 0. The normalized spacial score (nSPS) is 36.7. The van der Waals surface area contributed by atoms with E-state index in [0.717, 1.165) is 19.0 Å². The summed E-state index contributed by atoms with van der Waals surface area (Å²) in [7, 11) is 0. The summed E-state index contributed by atoms with van der Waals surface area (Å²) in [5.41, 5.74) is 5.54. The minimum Gasteiger partial charge on any atom is -0.330 e. The molecule has 0 amide bonds. The summed E-state index contributed by atoms with van der Waals surface area (Å²) in [4.78, 5) is 0. The number of piperidine rings is 1. The summed E-state index contributed by atoms with van der Waals surface area (Å²) in [6.07, 6.45) is 2.53. The summed E-state index contributed by atoms with van der Waals surface area (Å²) in [5, 5.41) is 3.39. The third-order valence-corrected chi connectivity index (χ3v) is 2.07. The fourth-order valence-corrected chi connectivity index (χ4v) is 1.45. The first kappa shape index (κ1) is 7.03. The van der Waals surface area contributed by atoms with E-state index >= 15 is 0 Å². The van der Waals surface area contributed by atoms with E-state index in [-0.39, 0.29) is 0 Å². The van der Waals surface area contributed by atoms with Crippen molar-refractivity contribution in [2.75, 3.05) is 13.1 Å². The molecule has 2 heteroatoms. The van der Waals surface area contributed by atoms with Crippen molar-refractivity contribution in [1.82, 2.24) is 5.32 Å². The molecule has 0 aromatic heterocycles. The quantitative estimate of drug-likeness (QED) is 0.534. The number of nitrogens with two attached hydrogens (primary N) is 1. The van der Waals surface area contributed by atoms with Crippen LogP contribution in [0, 0.1) is 5.92 Å². The molecule has 1 aliphatic rings. The van der Waals surface area contributed by atoms with Crippen LogP contribution in [0.15, 0.2) is 0 Å². The minimum atomic E-state index is 0.687. The van der Waals surface area contributed by atoms with Crippen LogP contribution in [0.5, 0.6) is 0 Å². The third kappa shape index (κ3) is 1.95. The average molecular weight is 128 g/mol. The molecule has 1 fully saturated rings. The highest BCUT2D eigenvalue weighted by molar-refractivity contribution is 4.74. The SMILES string of the molecule is C[C@@H]1C[C@H](CN)CCN1. The van der Waals surface area contributed by atoms with Gasteiger partial charge in [0.2, 0.25) is 0 Å². The summed E-state index contributed by atoms with van der Waals surface area (Å²) in [5.74, 6) is 0.779. The van der Waals surface area contributed by atoms with Gasteiger partial charge in [0.25, 0.3) is 0 Å². The lowest BCUT2D eigenvalue weighted by atomic mass is 9.94. The van der Waals surface area contributed by atoms with Crippen molar-refractivity contribution in [1.29, 1.82) is 0 Å². The molecule has 2 atom stereocenters. The molecule has 1 rings (SSSR count). The second-order valence-corrected chi connectivity index (χ2v) is 2.98. The van der Waals surface area contributed by atoms with Gasteiger partial charge in [-0.2, -0.15) is 0 Å². The smallest absolute Gasteiger partial charge is 0.00418 e. The predicted octanol–water partition coefficient (Wildman–Crippen LogP) is 0.333. The van der Waals surface area contributed by atoms with Crippen molar-refractivity contribution < 1.29 is 0 Å². The monoisotopic (exact) mass is 128 g/mol. The third-order valence-electron chi connectivity index (χ3n) is 2.07. The molecule has 2 nitrogen and oxygen atoms in total. The van der Waals surface area contributed by atoms with Gasteiger partial charge in [0, 0.05) is 6.04 Å². The Bertz CT molecular complexity index is 83.0. The van der Waals surface area contributed by atoms with Crippen molar-refractivity contribution in [3.8, 4) is 0 Å². The first-order valence-corrected chi connectivity index (χ1v) is 3.76. The van der Waals surface area contributed by atoms with Crippen LogP contribution in [-0.4, -0.2) is 19.1 Å². The van der Waals surface area contributed by atoms with Crippen molar-refractivity contribution >= 4 is 0 Å². The molecule has 0 aromatic carbocycles. The van der Waals surface area contributed by atoms with E-state index in [2.05, 4.69) is 12.2 Å². The molecule has 0 bridgehead atoms. The molecule has 1 heterocycles. The van der Waals surface area contributed by atoms with Gasteiger partial charge in [-0.1, -0.05) is 0 Å². The molecule has 1 aliphatic heterocycles. The van der Waals surface area contributed by atoms with Crippen molar-refractivity contribution in [3.05, 3.63) is 0 Å². The standard InChI is InChI=1S/C7H16N2/c1-6-4-7(5-8)2-3-9-6/h6-7,9H,2-5,8H2,1H3/t6-,7-/m1/s1. The van der Waals surface area contributed by atoms with Crippen LogP contribution in [0.4, 0.5) is 0 Å². The Labute approximate surface area is 56.8 Å². The van der Waals surface area contributed by atoms with Gasteiger partial charge in [-0.25, -0.2) is 0 Å².